The molecular formula is C12H17NO4. The van der Waals surface area contributed by atoms with Crippen molar-refractivity contribution in [2.45, 2.75) is 32.4 Å². The minimum Gasteiger partial charge on any atom is -0.508 e. The van der Waals surface area contributed by atoms with Gasteiger partial charge in [0.1, 0.15) is 11.5 Å². The lowest BCUT2D eigenvalue weighted by Gasteiger charge is -2.15. The summed E-state index contributed by atoms with van der Waals surface area (Å²) >= 11 is 0. The molecular weight excluding hydrogens is 222 g/mol. The second-order valence-electron chi connectivity index (χ2n) is 4.16. The van der Waals surface area contributed by atoms with Crippen LogP contribution >= 0.6 is 0 Å². The Morgan fingerprint density at radius 1 is 1.35 bits per heavy atom. The van der Waals surface area contributed by atoms with E-state index in [1.54, 1.807) is 13.8 Å². The third-order valence-corrected chi connectivity index (χ3v) is 2.30. The predicted octanol–water partition coefficient (Wildman–Crippen LogP) is 0.987. The lowest BCUT2D eigenvalue weighted by atomic mass is 10.1. The van der Waals surface area contributed by atoms with Gasteiger partial charge in [0.2, 0.25) is 0 Å². The molecule has 0 aliphatic carbocycles. The van der Waals surface area contributed by atoms with E-state index >= 15 is 0 Å². The molecule has 1 aromatic carbocycles. The fourth-order valence-corrected chi connectivity index (χ4v) is 1.58. The van der Waals surface area contributed by atoms with E-state index in [-0.39, 0.29) is 23.1 Å². The Kier molecular flexibility index (Phi) is 4.34. The van der Waals surface area contributed by atoms with Crippen molar-refractivity contribution < 1.29 is 20.1 Å². The Bertz CT molecular complexity index is 403. The van der Waals surface area contributed by atoms with Crippen LogP contribution in [0.3, 0.4) is 0 Å². The van der Waals surface area contributed by atoms with Gasteiger partial charge < -0.3 is 20.6 Å². The highest BCUT2D eigenvalue weighted by Gasteiger charge is 2.15. The normalized spacial score (nSPS) is 14.1. The molecule has 4 N–H and O–H groups in total. The Morgan fingerprint density at radius 2 is 2.00 bits per heavy atom. The van der Waals surface area contributed by atoms with Crippen LogP contribution in [0.1, 0.15) is 30.6 Å². The molecule has 0 aliphatic heterocycles. The number of rotatable bonds is 4. The molecule has 94 valence electrons. The first-order valence-corrected chi connectivity index (χ1v) is 5.41. The van der Waals surface area contributed by atoms with E-state index in [0.29, 0.717) is 6.42 Å². The zero-order chi connectivity index (χ0) is 13.0. The minimum atomic E-state index is -0.511. The lowest BCUT2D eigenvalue weighted by molar-refractivity contribution is 0.0920. The van der Waals surface area contributed by atoms with E-state index in [4.69, 9.17) is 5.11 Å². The zero-order valence-electron chi connectivity index (χ0n) is 9.84. The van der Waals surface area contributed by atoms with Crippen LogP contribution in [0.5, 0.6) is 11.5 Å². The number of nitrogens with one attached hydrogen (secondary N) is 1. The number of phenols is 2. The lowest BCUT2D eigenvalue weighted by Crippen LogP contribution is -2.34. The summed E-state index contributed by atoms with van der Waals surface area (Å²) in [5, 5.41) is 30.5. The van der Waals surface area contributed by atoms with Crippen LogP contribution in [-0.2, 0) is 0 Å². The van der Waals surface area contributed by atoms with Crippen LogP contribution in [0.25, 0.3) is 0 Å². The van der Waals surface area contributed by atoms with Crippen LogP contribution in [-0.4, -0.2) is 33.4 Å². The first kappa shape index (κ1) is 13.3. The average Bonchev–Trinajstić information content (AvgIpc) is 2.20. The molecule has 5 nitrogen and oxygen atoms in total. The molecule has 0 bridgehead atoms. The van der Waals surface area contributed by atoms with Gasteiger partial charge in [-0.25, -0.2) is 0 Å². The highest BCUT2D eigenvalue weighted by molar-refractivity contribution is 5.97. The molecule has 2 unspecified atom stereocenters. The van der Waals surface area contributed by atoms with Crippen LogP contribution in [0.4, 0.5) is 0 Å². The van der Waals surface area contributed by atoms with Crippen LogP contribution in [0.2, 0.25) is 0 Å². The minimum absolute atomic E-state index is 0.0162. The molecule has 0 heterocycles. The van der Waals surface area contributed by atoms with Gasteiger partial charge >= 0.3 is 0 Å². The summed E-state index contributed by atoms with van der Waals surface area (Å²) in [6.45, 7) is 3.39. The number of hydrogen-bond acceptors (Lipinski definition) is 4. The monoisotopic (exact) mass is 239 g/mol. The second kappa shape index (κ2) is 5.54. The van der Waals surface area contributed by atoms with Gasteiger partial charge in [0.05, 0.1) is 11.7 Å². The number of carbonyl (C=O) groups excluding carboxylic acids is 1. The highest BCUT2D eigenvalue weighted by Crippen LogP contribution is 2.21. The van der Waals surface area contributed by atoms with Crippen molar-refractivity contribution in [1.82, 2.24) is 5.32 Å². The highest BCUT2D eigenvalue weighted by atomic mass is 16.3. The van der Waals surface area contributed by atoms with Gasteiger partial charge in [0, 0.05) is 6.04 Å². The number of benzene rings is 1. The standard InChI is InChI=1S/C12H17NO4/c1-7(5-8(2)14)13-12(17)10-6-9(15)3-4-11(10)16/h3-4,6-8,14-16H,5H2,1-2H3,(H,13,17). The summed E-state index contributed by atoms with van der Waals surface area (Å²) in [6, 6.07) is 3.53. The molecule has 0 saturated heterocycles. The van der Waals surface area contributed by atoms with Gasteiger partial charge in [-0.3, -0.25) is 4.79 Å². The van der Waals surface area contributed by atoms with Crippen molar-refractivity contribution in [3.8, 4) is 11.5 Å². The zero-order valence-corrected chi connectivity index (χ0v) is 9.84. The van der Waals surface area contributed by atoms with Crippen molar-refractivity contribution >= 4 is 5.91 Å². The van der Waals surface area contributed by atoms with Gasteiger partial charge in [-0.15, -0.1) is 0 Å². The number of aromatic hydroxyl groups is 2. The van der Waals surface area contributed by atoms with Gasteiger partial charge in [-0.05, 0) is 38.5 Å². The Hall–Kier alpha value is -1.75. The van der Waals surface area contributed by atoms with Crippen molar-refractivity contribution in [2.75, 3.05) is 0 Å². The first-order valence-electron chi connectivity index (χ1n) is 5.41. The molecule has 0 fully saturated rings. The Balaban J connectivity index is 2.73. The summed E-state index contributed by atoms with van der Waals surface area (Å²) in [7, 11) is 0. The fraction of sp³-hybridized carbons (Fsp3) is 0.417. The van der Waals surface area contributed by atoms with Crippen molar-refractivity contribution in [3.63, 3.8) is 0 Å². The van der Waals surface area contributed by atoms with Gasteiger partial charge in [0.25, 0.3) is 5.91 Å². The molecule has 1 amide bonds. The maximum absolute atomic E-state index is 11.7. The van der Waals surface area contributed by atoms with Crippen LogP contribution in [0.15, 0.2) is 18.2 Å². The third kappa shape index (κ3) is 3.96. The van der Waals surface area contributed by atoms with Crippen molar-refractivity contribution in [1.29, 1.82) is 0 Å². The van der Waals surface area contributed by atoms with Crippen LogP contribution < -0.4 is 5.32 Å². The number of aliphatic hydroxyl groups excluding tert-OH is 1. The smallest absolute Gasteiger partial charge is 0.255 e. The number of aliphatic hydroxyl groups is 1. The summed E-state index contributed by atoms with van der Waals surface area (Å²) in [4.78, 5) is 11.7. The molecule has 2 atom stereocenters. The van der Waals surface area contributed by atoms with E-state index in [0.717, 1.165) is 0 Å². The van der Waals surface area contributed by atoms with Crippen molar-refractivity contribution in [3.05, 3.63) is 23.8 Å². The number of hydrogen-bond donors (Lipinski definition) is 4. The molecule has 5 heteroatoms. The van der Waals surface area contributed by atoms with Gasteiger partial charge in [0.15, 0.2) is 0 Å². The van der Waals surface area contributed by atoms with E-state index in [1.807, 2.05) is 0 Å². The first-order chi connectivity index (χ1) is 7.90. The fourth-order valence-electron chi connectivity index (χ4n) is 1.58. The molecule has 0 aliphatic rings. The quantitative estimate of drug-likeness (QED) is 0.590. The number of carbonyl (C=O) groups is 1. The SMILES string of the molecule is CC(O)CC(C)NC(=O)c1cc(O)ccc1O. The van der Waals surface area contributed by atoms with E-state index < -0.39 is 12.0 Å². The van der Waals surface area contributed by atoms with Gasteiger partial charge in [-0.1, -0.05) is 0 Å². The molecule has 17 heavy (non-hydrogen) atoms. The molecule has 0 radical (unpaired) electrons. The largest absolute Gasteiger partial charge is 0.508 e. The predicted molar refractivity (Wildman–Crippen MR) is 63.0 cm³/mol. The van der Waals surface area contributed by atoms with Crippen LogP contribution in [0, 0.1) is 0 Å². The third-order valence-electron chi connectivity index (χ3n) is 2.30. The molecule has 1 aromatic rings. The maximum atomic E-state index is 11.7. The number of amides is 1. The Morgan fingerprint density at radius 3 is 2.59 bits per heavy atom. The van der Waals surface area contributed by atoms with Crippen molar-refractivity contribution in [2.24, 2.45) is 0 Å². The van der Waals surface area contributed by atoms with E-state index in [9.17, 15) is 15.0 Å². The maximum Gasteiger partial charge on any atom is 0.255 e. The molecule has 0 saturated carbocycles. The topological polar surface area (TPSA) is 89.8 Å². The number of phenolic OH excluding ortho intramolecular Hbond substituents is 2. The summed E-state index contributed by atoms with van der Waals surface area (Å²) in [6.07, 6.45) is -0.0891. The van der Waals surface area contributed by atoms with E-state index in [1.165, 1.54) is 18.2 Å². The summed E-state index contributed by atoms with van der Waals surface area (Å²) in [5.74, 6) is -0.757. The van der Waals surface area contributed by atoms with Gasteiger partial charge in [-0.2, -0.15) is 0 Å². The summed E-state index contributed by atoms with van der Waals surface area (Å²) in [5.41, 5.74) is 0.0162. The molecule has 1 rings (SSSR count). The average molecular weight is 239 g/mol. The summed E-state index contributed by atoms with van der Waals surface area (Å²) < 4.78 is 0. The second-order valence-corrected chi connectivity index (χ2v) is 4.16. The molecule has 0 spiro atoms. The van der Waals surface area contributed by atoms with E-state index in [2.05, 4.69) is 5.32 Å². The Labute approximate surface area is 99.7 Å². The molecule has 0 aromatic heterocycles.